The van der Waals surface area contributed by atoms with E-state index in [0.29, 0.717) is 21.6 Å². The van der Waals surface area contributed by atoms with Gasteiger partial charge in [-0.1, -0.05) is 40.1 Å². The summed E-state index contributed by atoms with van der Waals surface area (Å²) in [5.41, 5.74) is 1.43. The fourth-order valence-corrected chi connectivity index (χ4v) is 6.88. The Morgan fingerprint density at radius 2 is 1.59 bits per heavy atom. The summed E-state index contributed by atoms with van der Waals surface area (Å²) in [7, 11) is -5.89. The van der Waals surface area contributed by atoms with Crippen LogP contribution in [0.2, 0.25) is 0 Å². The minimum atomic E-state index is -4.45. The van der Waals surface area contributed by atoms with Crippen molar-refractivity contribution in [3.05, 3.63) is 84.2 Å². The Morgan fingerprint density at radius 1 is 0.882 bits per heavy atom. The summed E-state index contributed by atoms with van der Waals surface area (Å²) in [6, 6.07) is 16.7. The third-order valence-corrected chi connectivity index (χ3v) is 9.23. The molecule has 0 spiro atoms. The number of nitrogens with zero attached hydrogens (tertiary/aromatic N) is 2. The Labute approximate surface area is 200 Å². The van der Waals surface area contributed by atoms with Crippen LogP contribution < -0.4 is 14.8 Å². The molecule has 0 radical (unpaired) electrons. The monoisotopic (exact) mass is 505 g/mol. The van der Waals surface area contributed by atoms with Gasteiger partial charge in [0.1, 0.15) is 0 Å². The number of pyridine rings is 1. The summed E-state index contributed by atoms with van der Waals surface area (Å²) >= 11 is 0. The van der Waals surface area contributed by atoms with Gasteiger partial charge in [0, 0.05) is 31.5 Å². The molecule has 0 amide bonds. The van der Waals surface area contributed by atoms with Crippen molar-refractivity contribution in [3.8, 4) is 11.5 Å². The first kappa shape index (κ1) is 25.6. The molecule has 182 valence electrons. The Balaban J connectivity index is 1.88. The summed E-state index contributed by atoms with van der Waals surface area (Å²) in [5.74, 6) is 0.0899. The van der Waals surface area contributed by atoms with E-state index in [1.807, 2.05) is 30.3 Å². The van der Waals surface area contributed by atoms with Gasteiger partial charge in [-0.2, -0.15) is 0 Å². The van der Waals surface area contributed by atoms with E-state index in [2.05, 4.69) is 10.3 Å². The van der Waals surface area contributed by atoms with E-state index in [4.69, 9.17) is 9.47 Å². The molecule has 34 heavy (non-hydrogen) atoms. The lowest BCUT2D eigenvalue weighted by Crippen LogP contribution is -2.40. The van der Waals surface area contributed by atoms with Crippen LogP contribution in [0.15, 0.2) is 78.0 Å². The number of benzene rings is 2. The molecule has 0 saturated carbocycles. The summed E-state index contributed by atoms with van der Waals surface area (Å²) in [6.45, 7) is 0.148. The number of methoxy groups -OCH3 is 2. The van der Waals surface area contributed by atoms with Gasteiger partial charge in [0.2, 0.25) is 10.0 Å². The number of hydrogen-bond acceptors (Lipinski definition) is 8. The van der Waals surface area contributed by atoms with Crippen LogP contribution in [0.25, 0.3) is 0 Å². The van der Waals surface area contributed by atoms with Crippen molar-refractivity contribution in [1.29, 1.82) is 0 Å². The summed E-state index contributed by atoms with van der Waals surface area (Å²) < 4.78 is 64.5. The predicted molar refractivity (Wildman–Crippen MR) is 128 cm³/mol. The van der Waals surface area contributed by atoms with Gasteiger partial charge in [0.05, 0.1) is 31.4 Å². The quantitative estimate of drug-likeness (QED) is 0.373. The SMILES string of the molecule is COc1ccc(S(=O)(=O)N(Cc2cccnc2)S(=O)(=O)CCNCc2ccccc2)cc1OC. The highest BCUT2D eigenvalue weighted by Crippen LogP contribution is 2.32. The van der Waals surface area contributed by atoms with Gasteiger partial charge in [-0.15, -0.1) is 0 Å². The smallest absolute Gasteiger partial charge is 0.256 e. The largest absolute Gasteiger partial charge is 0.493 e. The molecule has 1 N–H and O–H groups in total. The number of rotatable bonds is 12. The van der Waals surface area contributed by atoms with Crippen LogP contribution >= 0.6 is 0 Å². The summed E-state index contributed by atoms with van der Waals surface area (Å²) in [5, 5.41) is 3.05. The van der Waals surface area contributed by atoms with Crippen LogP contribution in [-0.2, 0) is 33.1 Å². The molecule has 0 fully saturated rings. The van der Waals surface area contributed by atoms with E-state index in [9.17, 15) is 16.8 Å². The molecule has 3 rings (SSSR count). The van der Waals surface area contributed by atoms with Crippen molar-refractivity contribution < 1.29 is 26.3 Å². The van der Waals surface area contributed by atoms with Crippen LogP contribution in [0.5, 0.6) is 11.5 Å². The molecule has 3 aromatic rings. The zero-order chi connectivity index (χ0) is 24.6. The molecule has 2 aromatic carbocycles. The topological polar surface area (TPSA) is 115 Å². The first-order valence-electron chi connectivity index (χ1n) is 10.4. The lowest BCUT2D eigenvalue weighted by Gasteiger charge is -2.23. The first-order valence-corrected chi connectivity index (χ1v) is 13.4. The van der Waals surface area contributed by atoms with E-state index in [1.165, 1.54) is 44.8 Å². The molecule has 0 aliphatic carbocycles. The molecule has 9 nitrogen and oxygen atoms in total. The van der Waals surface area contributed by atoms with E-state index in [1.54, 1.807) is 12.1 Å². The standard InChI is InChI=1S/C23H27N3O6S2/c1-31-22-11-10-21(15-23(22)32-2)34(29,30)26(18-20-9-6-12-24-17-20)33(27,28)14-13-25-16-19-7-4-3-5-8-19/h3-12,15,17,25H,13-14,16,18H2,1-2H3. The molecule has 11 heteroatoms. The molecule has 0 aliphatic heterocycles. The Hall–Kier alpha value is -2.99. The van der Waals surface area contributed by atoms with Crippen molar-refractivity contribution in [2.75, 3.05) is 26.5 Å². The number of sulfonamides is 2. The highest BCUT2D eigenvalue weighted by molar-refractivity contribution is 8.04. The van der Waals surface area contributed by atoms with Crippen LogP contribution in [0.4, 0.5) is 0 Å². The maximum absolute atomic E-state index is 13.5. The third kappa shape index (κ3) is 6.32. The van der Waals surface area contributed by atoms with Crippen LogP contribution in [-0.4, -0.2) is 52.0 Å². The van der Waals surface area contributed by atoms with Crippen molar-refractivity contribution in [1.82, 2.24) is 14.0 Å². The molecule has 1 aromatic heterocycles. The van der Waals surface area contributed by atoms with Crippen molar-refractivity contribution in [2.24, 2.45) is 0 Å². The number of ether oxygens (including phenoxy) is 2. The van der Waals surface area contributed by atoms with E-state index >= 15 is 0 Å². The Morgan fingerprint density at radius 3 is 2.24 bits per heavy atom. The van der Waals surface area contributed by atoms with Crippen molar-refractivity contribution >= 4 is 20.0 Å². The second-order valence-corrected chi connectivity index (χ2v) is 11.4. The molecule has 0 bridgehead atoms. The lowest BCUT2D eigenvalue weighted by molar-refractivity contribution is 0.353. The second-order valence-electron chi connectivity index (χ2n) is 7.29. The number of hydrogen-bond donors (Lipinski definition) is 1. The van der Waals surface area contributed by atoms with Crippen LogP contribution in [0, 0.1) is 0 Å². The van der Waals surface area contributed by atoms with E-state index in [-0.39, 0.29) is 23.7 Å². The van der Waals surface area contributed by atoms with Gasteiger partial charge in [-0.3, -0.25) is 4.98 Å². The van der Waals surface area contributed by atoms with E-state index < -0.39 is 25.8 Å². The zero-order valence-corrected chi connectivity index (χ0v) is 20.6. The van der Waals surface area contributed by atoms with Gasteiger partial charge < -0.3 is 14.8 Å². The van der Waals surface area contributed by atoms with Crippen LogP contribution in [0.1, 0.15) is 11.1 Å². The van der Waals surface area contributed by atoms with Crippen LogP contribution in [0.3, 0.4) is 0 Å². The average Bonchev–Trinajstić information content (AvgIpc) is 2.85. The molecule has 1 heterocycles. The molecular formula is C23H27N3O6S2. The van der Waals surface area contributed by atoms with Gasteiger partial charge in [-0.05, 0) is 29.3 Å². The number of nitrogens with one attached hydrogen (secondary N) is 1. The normalized spacial score (nSPS) is 12.0. The van der Waals surface area contributed by atoms with E-state index in [0.717, 1.165) is 5.56 Å². The number of aromatic nitrogens is 1. The molecule has 0 unspecified atom stereocenters. The highest BCUT2D eigenvalue weighted by atomic mass is 32.3. The molecule has 0 aliphatic rings. The van der Waals surface area contributed by atoms with Gasteiger partial charge in [0.25, 0.3) is 10.0 Å². The third-order valence-electron chi connectivity index (χ3n) is 4.97. The van der Waals surface area contributed by atoms with Gasteiger partial charge in [-0.25, -0.2) is 16.8 Å². The van der Waals surface area contributed by atoms with Crippen molar-refractivity contribution in [2.45, 2.75) is 18.0 Å². The highest BCUT2D eigenvalue weighted by Gasteiger charge is 2.35. The summed E-state index contributed by atoms with van der Waals surface area (Å²) in [6.07, 6.45) is 2.96. The molecular weight excluding hydrogens is 478 g/mol. The van der Waals surface area contributed by atoms with Crippen molar-refractivity contribution in [3.63, 3.8) is 0 Å². The lowest BCUT2D eigenvalue weighted by atomic mass is 10.2. The zero-order valence-electron chi connectivity index (χ0n) is 18.9. The maximum atomic E-state index is 13.5. The molecule has 0 saturated heterocycles. The first-order chi connectivity index (χ1) is 16.3. The van der Waals surface area contributed by atoms with Gasteiger partial charge >= 0.3 is 0 Å². The maximum Gasteiger partial charge on any atom is 0.256 e. The predicted octanol–water partition coefficient (Wildman–Crippen LogP) is 2.41. The summed E-state index contributed by atoms with van der Waals surface area (Å²) in [4.78, 5) is 3.74. The van der Waals surface area contributed by atoms with Gasteiger partial charge in [0.15, 0.2) is 11.5 Å². The minimum absolute atomic E-state index is 0.0716. The fraction of sp³-hybridized carbons (Fsp3) is 0.261. The average molecular weight is 506 g/mol. The Kier molecular flexibility index (Phi) is 8.61. The molecule has 0 atom stereocenters. The minimum Gasteiger partial charge on any atom is -0.493 e. The second kappa shape index (κ2) is 11.4. The Bertz CT molecular complexity index is 1280. The fourth-order valence-electron chi connectivity index (χ4n) is 3.20.